The van der Waals surface area contributed by atoms with Crippen LogP contribution in [0, 0.1) is 6.92 Å². The van der Waals surface area contributed by atoms with Gasteiger partial charge in [0.15, 0.2) is 0 Å². The minimum atomic E-state index is 0.897. The summed E-state index contributed by atoms with van der Waals surface area (Å²) in [6, 6.07) is 6.51. The maximum Gasteiger partial charge on any atom is 0.139 e. The third-order valence-electron chi connectivity index (χ3n) is 5.99. The monoisotopic (exact) mass is 389 g/mol. The summed E-state index contributed by atoms with van der Waals surface area (Å²) in [6.07, 6.45) is 5.05. The van der Waals surface area contributed by atoms with E-state index in [4.69, 9.17) is 4.98 Å². The Bertz CT molecular complexity index is 1050. The van der Waals surface area contributed by atoms with E-state index in [0.29, 0.717) is 0 Å². The quantitative estimate of drug-likeness (QED) is 0.682. The van der Waals surface area contributed by atoms with E-state index in [1.54, 1.807) is 6.33 Å². The molecule has 29 heavy (non-hydrogen) atoms. The molecule has 1 saturated heterocycles. The van der Waals surface area contributed by atoms with Crippen molar-refractivity contribution in [3.63, 3.8) is 0 Å². The van der Waals surface area contributed by atoms with Gasteiger partial charge >= 0.3 is 0 Å². The zero-order valence-corrected chi connectivity index (χ0v) is 17.4. The van der Waals surface area contributed by atoms with Gasteiger partial charge in [-0.2, -0.15) is 0 Å². The van der Waals surface area contributed by atoms with Crippen LogP contribution in [0.4, 0.5) is 17.3 Å². The Morgan fingerprint density at radius 2 is 1.72 bits per heavy atom. The van der Waals surface area contributed by atoms with E-state index in [0.717, 1.165) is 61.6 Å². The molecule has 150 valence electrons. The average molecular weight is 390 g/mol. The third-order valence-corrected chi connectivity index (χ3v) is 5.99. The number of piperazine rings is 1. The van der Waals surface area contributed by atoms with Crippen LogP contribution in [-0.4, -0.2) is 60.2 Å². The summed E-state index contributed by atoms with van der Waals surface area (Å²) in [4.78, 5) is 25.3. The fraction of sp³-hybridized carbons (Fsp3) is 0.455. The molecule has 1 fully saturated rings. The SMILES string of the molecule is Cc1nc2c(c(N3CCN(c4ccc5ncnc(N(C)C)c5c4)CC3)n1)CCC2. The third kappa shape index (κ3) is 3.24. The van der Waals surface area contributed by atoms with Crippen LogP contribution in [0.5, 0.6) is 0 Å². The van der Waals surface area contributed by atoms with Gasteiger partial charge in [0.2, 0.25) is 0 Å². The average Bonchev–Trinajstić information content (AvgIpc) is 3.20. The molecule has 7 nitrogen and oxygen atoms in total. The lowest BCUT2D eigenvalue weighted by Crippen LogP contribution is -2.47. The molecular formula is C22H27N7. The van der Waals surface area contributed by atoms with Gasteiger partial charge in [-0.05, 0) is 44.4 Å². The Morgan fingerprint density at radius 3 is 2.52 bits per heavy atom. The van der Waals surface area contributed by atoms with Crippen LogP contribution in [-0.2, 0) is 12.8 Å². The highest BCUT2D eigenvalue weighted by Crippen LogP contribution is 2.31. The molecule has 2 aliphatic rings. The molecule has 0 amide bonds. The number of anilines is 3. The van der Waals surface area contributed by atoms with Gasteiger partial charge in [0.1, 0.15) is 23.8 Å². The lowest BCUT2D eigenvalue weighted by Gasteiger charge is -2.37. The fourth-order valence-corrected chi connectivity index (χ4v) is 4.56. The second-order valence-electron chi connectivity index (χ2n) is 8.14. The Morgan fingerprint density at radius 1 is 0.931 bits per heavy atom. The number of rotatable bonds is 3. The van der Waals surface area contributed by atoms with Gasteiger partial charge in [-0.1, -0.05) is 0 Å². The van der Waals surface area contributed by atoms with Crippen molar-refractivity contribution in [1.29, 1.82) is 0 Å². The Kier molecular flexibility index (Phi) is 4.45. The van der Waals surface area contributed by atoms with Crippen molar-refractivity contribution in [1.82, 2.24) is 19.9 Å². The largest absolute Gasteiger partial charge is 0.368 e. The minimum absolute atomic E-state index is 0.897. The number of nitrogens with zero attached hydrogens (tertiary/aromatic N) is 7. The molecule has 1 aromatic carbocycles. The Labute approximate surface area is 171 Å². The van der Waals surface area contributed by atoms with Crippen LogP contribution in [0.25, 0.3) is 10.9 Å². The molecule has 0 atom stereocenters. The van der Waals surface area contributed by atoms with Gasteiger partial charge in [0, 0.05) is 62.6 Å². The highest BCUT2D eigenvalue weighted by molar-refractivity contribution is 5.91. The lowest BCUT2D eigenvalue weighted by atomic mass is 10.1. The first kappa shape index (κ1) is 18.1. The molecule has 1 aliphatic heterocycles. The lowest BCUT2D eigenvalue weighted by molar-refractivity contribution is 0.643. The first-order valence-corrected chi connectivity index (χ1v) is 10.4. The molecule has 0 bridgehead atoms. The summed E-state index contributed by atoms with van der Waals surface area (Å²) in [5, 5.41) is 1.10. The van der Waals surface area contributed by atoms with E-state index in [-0.39, 0.29) is 0 Å². The van der Waals surface area contributed by atoms with E-state index in [2.05, 4.69) is 43.0 Å². The molecule has 2 aromatic heterocycles. The standard InChI is InChI=1S/C22H27N7/c1-15-25-20-6-4-5-17(20)22(26-15)29-11-9-28(10-12-29)16-7-8-19-18(13-16)21(27(2)3)24-14-23-19/h7-8,13-14H,4-6,9-12H2,1-3H3. The Balaban J connectivity index is 1.38. The highest BCUT2D eigenvalue weighted by Gasteiger charge is 2.25. The molecule has 0 unspecified atom stereocenters. The van der Waals surface area contributed by atoms with Crippen LogP contribution in [0.3, 0.4) is 0 Å². The van der Waals surface area contributed by atoms with Crippen molar-refractivity contribution in [2.45, 2.75) is 26.2 Å². The number of aromatic nitrogens is 4. The predicted octanol–water partition coefficient (Wildman–Crippen LogP) is 2.61. The molecule has 0 spiro atoms. The van der Waals surface area contributed by atoms with Gasteiger partial charge in [0.05, 0.1) is 5.52 Å². The summed E-state index contributed by atoms with van der Waals surface area (Å²) in [6.45, 7) is 5.93. The van der Waals surface area contributed by atoms with Crippen molar-refractivity contribution in [3.8, 4) is 0 Å². The summed E-state index contributed by atoms with van der Waals surface area (Å²) >= 11 is 0. The maximum absolute atomic E-state index is 4.81. The summed E-state index contributed by atoms with van der Waals surface area (Å²) in [5.74, 6) is 3.03. The molecule has 3 aromatic rings. The predicted molar refractivity (Wildman–Crippen MR) is 117 cm³/mol. The van der Waals surface area contributed by atoms with E-state index < -0.39 is 0 Å². The fourth-order valence-electron chi connectivity index (χ4n) is 4.56. The number of hydrogen-bond donors (Lipinski definition) is 0. The van der Waals surface area contributed by atoms with Crippen molar-refractivity contribution in [2.24, 2.45) is 0 Å². The van der Waals surface area contributed by atoms with Gasteiger partial charge in [-0.15, -0.1) is 0 Å². The van der Waals surface area contributed by atoms with Crippen LogP contribution in [0.1, 0.15) is 23.5 Å². The summed E-state index contributed by atoms with van der Waals surface area (Å²) in [7, 11) is 4.05. The van der Waals surface area contributed by atoms with Crippen molar-refractivity contribution < 1.29 is 0 Å². The number of aryl methyl sites for hydroxylation is 2. The second-order valence-corrected chi connectivity index (χ2v) is 8.14. The van der Waals surface area contributed by atoms with E-state index in [1.165, 1.54) is 29.2 Å². The summed E-state index contributed by atoms with van der Waals surface area (Å²) < 4.78 is 0. The molecular weight excluding hydrogens is 362 g/mol. The first-order valence-electron chi connectivity index (χ1n) is 10.4. The molecule has 0 saturated carbocycles. The van der Waals surface area contributed by atoms with Gasteiger partial charge in [-0.25, -0.2) is 19.9 Å². The number of benzene rings is 1. The highest BCUT2D eigenvalue weighted by atomic mass is 15.3. The van der Waals surface area contributed by atoms with E-state index >= 15 is 0 Å². The second kappa shape index (κ2) is 7.13. The van der Waals surface area contributed by atoms with Crippen LogP contribution in [0.15, 0.2) is 24.5 Å². The van der Waals surface area contributed by atoms with Crippen molar-refractivity contribution in [2.75, 3.05) is 55.0 Å². The molecule has 5 rings (SSSR count). The molecule has 7 heteroatoms. The van der Waals surface area contributed by atoms with Crippen LogP contribution >= 0.6 is 0 Å². The van der Waals surface area contributed by atoms with Crippen LogP contribution < -0.4 is 14.7 Å². The smallest absolute Gasteiger partial charge is 0.139 e. The molecule has 0 N–H and O–H groups in total. The Hall–Kier alpha value is -2.96. The van der Waals surface area contributed by atoms with Gasteiger partial charge in [-0.3, -0.25) is 0 Å². The van der Waals surface area contributed by atoms with Gasteiger partial charge < -0.3 is 14.7 Å². The normalized spacial score (nSPS) is 16.4. The zero-order chi connectivity index (χ0) is 20.0. The van der Waals surface area contributed by atoms with E-state index in [9.17, 15) is 0 Å². The van der Waals surface area contributed by atoms with Crippen LogP contribution in [0.2, 0.25) is 0 Å². The number of fused-ring (bicyclic) bond motifs is 2. The first-order chi connectivity index (χ1) is 14.1. The maximum atomic E-state index is 4.81. The summed E-state index contributed by atoms with van der Waals surface area (Å²) in [5.41, 5.74) is 4.86. The minimum Gasteiger partial charge on any atom is -0.368 e. The molecule has 1 aliphatic carbocycles. The van der Waals surface area contributed by atoms with E-state index in [1.807, 2.05) is 25.9 Å². The zero-order valence-electron chi connectivity index (χ0n) is 17.4. The molecule has 0 radical (unpaired) electrons. The topological polar surface area (TPSA) is 61.3 Å². The van der Waals surface area contributed by atoms with Gasteiger partial charge in [0.25, 0.3) is 0 Å². The molecule has 3 heterocycles. The van der Waals surface area contributed by atoms with Crippen molar-refractivity contribution >= 4 is 28.2 Å². The van der Waals surface area contributed by atoms with Crippen molar-refractivity contribution in [3.05, 3.63) is 41.6 Å². The number of hydrogen-bond acceptors (Lipinski definition) is 7.